The fourth-order valence-corrected chi connectivity index (χ4v) is 1.25. The summed E-state index contributed by atoms with van der Waals surface area (Å²) in [6.45, 7) is 8.46. The first-order chi connectivity index (χ1) is 6.47. The second-order valence-electron chi connectivity index (χ2n) is 4.74. The molecule has 0 bridgehead atoms. The zero-order chi connectivity index (χ0) is 10.6. The lowest BCUT2D eigenvalue weighted by Crippen LogP contribution is -2.44. The molecule has 0 radical (unpaired) electrons. The predicted molar refractivity (Wildman–Crippen MR) is 62.5 cm³/mol. The van der Waals surface area contributed by atoms with Crippen LogP contribution in [0.4, 0.5) is 4.79 Å². The first kappa shape index (κ1) is 14.5. The Labute approximate surface area is 97.5 Å². The Kier molecular flexibility index (Phi) is 5.98. The van der Waals surface area contributed by atoms with E-state index in [9.17, 15) is 4.79 Å². The molecule has 2 N–H and O–H groups in total. The second kappa shape index (κ2) is 6.18. The summed E-state index contributed by atoms with van der Waals surface area (Å²) in [5, 5.41) is 5.94. The second-order valence-corrected chi connectivity index (χ2v) is 4.74. The highest BCUT2D eigenvalue weighted by molar-refractivity contribution is 5.85. The molecule has 1 aliphatic heterocycles. The Hall–Kier alpha value is -0.480. The molecule has 15 heavy (non-hydrogen) atoms. The summed E-state index contributed by atoms with van der Waals surface area (Å²) in [5.41, 5.74) is -0.401. The number of hydrogen-bond donors (Lipinski definition) is 2. The van der Waals surface area contributed by atoms with E-state index in [2.05, 4.69) is 10.6 Å². The molecule has 4 nitrogen and oxygen atoms in total. The van der Waals surface area contributed by atoms with Crippen molar-refractivity contribution in [3.63, 3.8) is 0 Å². The first-order valence-electron chi connectivity index (χ1n) is 5.15. The van der Waals surface area contributed by atoms with E-state index in [-0.39, 0.29) is 18.5 Å². The maximum Gasteiger partial charge on any atom is 0.407 e. The molecule has 1 amide bonds. The van der Waals surface area contributed by atoms with E-state index >= 15 is 0 Å². The largest absolute Gasteiger partial charge is 0.444 e. The highest BCUT2D eigenvalue weighted by Gasteiger charge is 2.18. The zero-order valence-electron chi connectivity index (χ0n) is 9.63. The standard InChI is InChI=1S/C10H20N2O2.ClH/c1-10(2,3)14-9(13)12-5-4-8-6-11-7-8;/h8,11H,4-7H2,1-3H3,(H,12,13);1H. The number of amides is 1. The highest BCUT2D eigenvalue weighted by atomic mass is 35.5. The lowest BCUT2D eigenvalue weighted by Gasteiger charge is -2.27. The van der Waals surface area contributed by atoms with E-state index in [4.69, 9.17) is 4.74 Å². The van der Waals surface area contributed by atoms with Crippen LogP contribution in [0.3, 0.4) is 0 Å². The number of nitrogens with one attached hydrogen (secondary N) is 2. The Bertz CT molecular complexity index is 200. The summed E-state index contributed by atoms with van der Waals surface area (Å²) in [7, 11) is 0. The Morgan fingerprint density at radius 2 is 2.07 bits per heavy atom. The fourth-order valence-electron chi connectivity index (χ4n) is 1.25. The molecule has 1 aliphatic rings. The molecule has 0 aromatic rings. The monoisotopic (exact) mass is 236 g/mol. The van der Waals surface area contributed by atoms with Gasteiger partial charge in [-0.25, -0.2) is 4.79 Å². The number of carbonyl (C=O) groups is 1. The summed E-state index contributed by atoms with van der Waals surface area (Å²) in [6.07, 6.45) is 0.719. The summed E-state index contributed by atoms with van der Waals surface area (Å²) < 4.78 is 5.11. The smallest absolute Gasteiger partial charge is 0.407 e. The third kappa shape index (κ3) is 6.57. The van der Waals surface area contributed by atoms with Crippen LogP contribution in [-0.4, -0.2) is 31.3 Å². The van der Waals surface area contributed by atoms with Gasteiger partial charge in [-0.2, -0.15) is 0 Å². The quantitative estimate of drug-likeness (QED) is 0.782. The van der Waals surface area contributed by atoms with Gasteiger partial charge in [0, 0.05) is 6.54 Å². The number of carbonyl (C=O) groups excluding carboxylic acids is 1. The summed E-state index contributed by atoms with van der Waals surface area (Å²) >= 11 is 0. The van der Waals surface area contributed by atoms with Gasteiger partial charge in [-0.1, -0.05) is 0 Å². The first-order valence-corrected chi connectivity index (χ1v) is 5.15. The minimum atomic E-state index is -0.401. The molecule has 0 unspecified atom stereocenters. The molecule has 90 valence electrons. The number of halogens is 1. The molecule has 1 saturated heterocycles. The molecular weight excluding hydrogens is 216 g/mol. The molecule has 0 atom stereocenters. The minimum absolute atomic E-state index is 0. The summed E-state index contributed by atoms with van der Waals surface area (Å²) in [6, 6.07) is 0. The molecule has 1 rings (SSSR count). The molecular formula is C10H21ClN2O2. The number of rotatable bonds is 3. The van der Waals surface area contributed by atoms with Crippen molar-refractivity contribution in [2.45, 2.75) is 32.8 Å². The predicted octanol–water partition coefficient (Wildman–Crippen LogP) is 1.54. The Morgan fingerprint density at radius 1 is 1.47 bits per heavy atom. The van der Waals surface area contributed by atoms with E-state index < -0.39 is 5.60 Å². The van der Waals surface area contributed by atoms with Crippen LogP contribution < -0.4 is 10.6 Å². The van der Waals surface area contributed by atoms with Crippen LogP contribution in [-0.2, 0) is 4.74 Å². The van der Waals surface area contributed by atoms with Gasteiger partial charge in [0.05, 0.1) is 0 Å². The van der Waals surface area contributed by atoms with Gasteiger partial charge in [0.15, 0.2) is 0 Å². The number of ether oxygens (including phenoxy) is 1. The normalized spacial score (nSPS) is 16.2. The van der Waals surface area contributed by atoms with E-state index in [0.29, 0.717) is 6.54 Å². The van der Waals surface area contributed by atoms with Gasteiger partial charge in [0.1, 0.15) is 5.60 Å². The topological polar surface area (TPSA) is 50.4 Å². The van der Waals surface area contributed by atoms with Crippen molar-refractivity contribution in [1.82, 2.24) is 10.6 Å². The van der Waals surface area contributed by atoms with Crippen LogP contribution in [0.5, 0.6) is 0 Å². The molecule has 0 spiro atoms. The van der Waals surface area contributed by atoms with Gasteiger partial charge < -0.3 is 15.4 Å². The molecule has 0 aromatic carbocycles. The van der Waals surface area contributed by atoms with Crippen molar-refractivity contribution in [2.24, 2.45) is 5.92 Å². The van der Waals surface area contributed by atoms with E-state index in [1.54, 1.807) is 0 Å². The van der Waals surface area contributed by atoms with Crippen molar-refractivity contribution >= 4 is 18.5 Å². The van der Waals surface area contributed by atoms with Crippen LogP contribution in [0.2, 0.25) is 0 Å². The van der Waals surface area contributed by atoms with E-state index in [0.717, 1.165) is 25.4 Å². The van der Waals surface area contributed by atoms with Gasteiger partial charge in [-0.3, -0.25) is 0 Å². The molecule has 1 heterocycles. The van der Waals surface area contributed by atoms with Gasteiger partial charge in [-0.15, -0.1) is 12.4 Å². The van der Waals surface area contributed by atoms with Crippen molar-refractivity contribution in [3.8, 4) is 0 Å². The van der Waals surface area contributed by atoms with Crippen LogP contribution in [0.1, 0.15) is 27.2 Å². The van der Waals surface area contributed by atoms with Gasteiger partial charge in [0.2, 0.25) is 0 Å². The molecule has 0 aliphatic carbocycles. The van der Waals surface area contributed by atoms with Crippen LogP contribution in [0, 0.1) is 5.92 Å². The molecule has 1 fully saturated rings. The molecule has 0 saturated carbocycles. The van der Waals surface area contributed by atoms with Gasteiger partial charge in [0.25, 0.3) is 0 Å². The molecule has 5 heteroatoms. The van der Waals surface area contributed by atoms with Crippen molar-refractivity contribution in [2.75, 3.05) is 19.6 Å². The number of alkyl carbamates (subject to hydrolysis) is 1. The van der Waals surface area contributed by atoms with Crippen molar-refractivity contribution in [1.29, 1.82) is 0 Å². The Balaban J connectivity index is 0.00000196. The third-order valence-electron chi connectivity index (χ3n) is 2.09. The average molecular weight is 237 g/mol. The summed E-state index contributed by atoms with van der Waals surface area (Å²) in [4.78, 5) is 11.2. The minimum Gasteiger partial charge on any atom is -0.444 e. The third-order valence-corrected chi connectivity index (χ3v) is 2.09. The van der Waals surface area contributed by atoms with Crippen molar-refractivity contribution in [3.05, 3.63) is 0 Å². The highest BCUT2D eigenvalue weighted by Crippen LogP contribution is 2.08. The van der Waals surface area contributed by atoms with Crippen LogP contribution >= 0.6 is 12.4 Å². The number of hydrogen-bond acceptors (Lipinski definition) is 3. The van der Waals surface area contributed by atoms with Gasteiger partial charge >= 0.3 is 6.09 Å². The zero-order valence-corrected chi connectivity index (χ0v) is 10.4. The lowest BCUT2D eigenvalue weighted by atomic mass is 10.00. The van der Waals surface area contributed by atoms with E-state index in [1.807, 2.05) is 20.8 Å². The SMILES string of the molecule is CC(C)(C)OC(=O)NCCC1CNC1.Cl. The van der Waals surface area contributed by atoms with Gasteiger partial charge in [-0.05, 0) is 46.2 Å². The maximum absolute atomic E-state index is 11.2. The van der Waals surface area contributed by atoms with Crippen molar-refractivity contribution < 1.29 is 9.53 Å². The van der Waals surface area contributed by atoms with Crippen LogP contribution in [0.25, 0.3) is 0 Å². The maximum atomic E-state index is 11.2. The van der Waals surface area contributed by atoms with E-state index in [1.165, 1.54) is 0 Å². The average Bonchev–Trinajstić information content (AvgIpc) is 1.90. The Morgan fingerprint density at radius 3 is 2.47 bits per heavy atom. The fraction of sp³-hybridized carbons (Fsp3) is 0.900. The van der Waals surface area contributed by atoms with Crippen LogP contribution in [0.15, 0.2) is 0 Å². The molecule has 0 aromatic heterocycles. The summed E-state index contributed by atoms with van der Waals surface area (Å²) in [5.74, 6) is 0.727. The lowest BCUT2D eigenvalue weighted by molar-refractivity contribution is 0.0523.